The molecule has 2 rings (SSSR count). The topological polar surface area (TPSA) is 105 Å². The zero-order valence-electron chi connectivity index (χ0n) is 10.1. The van der Waals surface area contributed by atoms with E-state index in [9.17, 15) is 8.42 Å². The van der Waals surface area contributed by atoms with Gasteiger partial charge >= 0.3 is 0 Å². The van der Waals surface area contributed by atoms with Crippen molar-refractivity contribution in [2.24, 2.45) is 10.2 Å². The molecular weight excluding hydrogens is 302 g/mol. The molecule has 0 heterocycles. The first-order valence-corrected chi connectivity index (χ1v) is 7.22. The number of benzene rings is 2. The fourth-order valence-electron chi connectivity index (χ4n) is 1.38. The summed E-state index contributed by atoms with van der Waals surface area (Å²) in [6, 6.07) is 10.3. The minimum atomic E-state index is -4.31. The second-order valence-corrected chi connectivity index (χ2v) is 5.71. The molecule has 6 nitrogen and oxygen atoms in total. The number of rotatable bonds is 3. The van der Waals surface area contributed by atoms with Crippen LogP contribution in [0.1, 0.15) is 0 Å². The van der Waals surface area contributed by atoms with Gasteiger partial charge in [-0.2, -0.15) is 13.5 Å². The van der Waals surface area contributed by atoms with Crippen LogP contribution in [-0.4, -0.2) is 13.0 Å². The lowest BCUT2D eigenvalue weighted by atomic mass is 10.3. The van der Waals surface area contributed by atoms with Gasteiger partial charge in [-0.25, -0.2) is 0 Å². The molecule has 2 aromatic carbocycles. The van der Waals surface area contributed by atoms with E-state index >= 15 is 0 Å². The van der Waals surface area contributed by atoms with E-state index in [1.807, 2.05) is 0 Å². The summed E-state index contributed by atoms with van der Waals surface area (Å²) in [6.07, 6.45) is 0. The minimum Gasteiger partial charge on any atom is -0.399 e. The third-order valence-electron chi connectivity index (χ3n) is 2.38. The van der Waals surface area contributed by atoms with E-state index < -0.39 is 10.1 Å². The van der Waals surface area contributed by atoms with Gasteiger partial charge in [0.05, 0.1) is 15.6 Å². The van der Waals surface area contributed by atoms with Crippen LogP contribution < -0.4 is 5.73 Å². The Balaban J connectivity index is 2.35. The summed E-state index contributed by atoms with van der Waals surface area (Å²) in [6.45, 7) is 0. The molecule has 0 fully saturated rings. The smallest absolute Gasteiger partial charge is 0.294 e. The van der Waals surface area contributed by atoms with Crippen molar-refractivity contribution in [3.63, 3.8) is 0 Å². The molecule has 0 radical (unpaired) electrons. The predicted molar refractivity (Wildman–Crippen MR) is 76.3 cm³/mol. The molecule has 0 aliphatic rings. The summed E-state index contributed by atoms with van der Waals surface area (Å²) >= 11 is 5.89. The molecule has 0 aliphatic heterocycles. The van der Waals surface area contributed by atoms with E-state index in [4.69, 9.17) is 21.9 Å². The summed E-state index contributed by atoms with van der Waals surface area (Å²) < 4.78 is 31.0. The fraction of sp³-hybridized carbons (Fsp3) is 0. The molecule has 2 aromatic rings. The number of nitrogens with zero attached hydrogens (tertiary/aromatic N) is 2. The van der Waals surface area contributed by atoms with Crippen LogP contribution >= 0.6 is 11.6 Å². The van der Waals surface area contributed by atoms with Crippen molar-refractivity contribution in [1.29, 1.82) is 0 Å². The number of azo groups is 1. The molecule has 0 saturated carbocycles. The maximum absolute atomic E-state index is 11.0. The van der Waals surface area contributed by atoms with Crippen LogP contribution in [0.4, 0.5) is 17.1 Å². The molecule has 0 bridgehead atoms. The minimum absolute atomic E-state index is 0.138. The first kappa shape index (κ1) is 14.4. The van der Waals surface area contributed by atoms with Crippen LogP contribution in [0.15, 0.2) is 57.6 Å². The lowest BCUT2D eigenvalue weighted by Crippen LogP contribution is -1.97. The van der Waals surface area contributed by atoms with Gasteiger partial charge in [0.2, 0.25) is 0 Å². The van der Waals surface area contributed by atoms with Crippen LogP contribution in [0, 0.1) is 0 Å². The number of anilines is 1. The molecule has 0 saturated heterocycles. The van der Waals surface area contributed by atoms with Crippen molar-refractivity contribution < 1.29 is 13.0 Å². The third-order valence-corrected chi connectivity index (χ3v) is 3.55. The van der Waals surface area contributed by atoms with Gasteiger partial charge in [0.1, 0.15) is 5.69 Å². The maximum atomic E-state index is 11.0. The highest BCUT2D eigenvalue weighted by molar-refractivity contribution is 7.85. The highest BCUT2D eigenvalue weighted by atomic mass is 35.5. The van der Waals surface area contributed by atoms with Crippen LogP contribution in [0.25, 0.3) is 0 Å². The van der Waals surface area contributed by atoms with E-state index in [1.165, 1.54) is 12.1 Å². The summed E-state index contributed by atoms with van der Waals surface area (Å²) in [5, 5.41) is 7.99. The van der Waals surface area contributed by atoms with Crippen molar-refractivity contribution in [2.45, 2.75) is 4.90 Å². The second kappa shape index (κ2) is 5.58. The molecule has 8 heteroatoms. The van der Waals surface area contributed by atoms with Crippen molar-refractivity contribution in [2.75, 3.05) is 5.73 Å². The molecule has 104 valence electrons. The average Bonchev–Trinajstić information content (AvgIpc) is 2.38. The molecule has 20 heavy (non-hydrogen) atoms. The Bertz CT molecular complexity index is 758. The van der Waals surface area contributed by atoms with Crippen molar-refractivity contribution in [1.82, 2.24) is 0 Å². The lowest BCUT2D eigenvalue weighted by Gasteiger charge is -2.00. The first-order valence-electron chi connectivity index (χ1n) is 5.40. The molecule has 0 unspecified atom stereocenters. The van der Waals surface area contributed by atoms with Gasteiger partial charge in [0, 0.05) is 5.69 Å². The van der Waals surface area contributed by atoms with Gasteiger partial charge in [0.25, 0.3) is 10.1 Å². The van der Waals surface area contributed by atoms with Gasteiger partial charge in [-0.3, -0.25) is 4.55 Å². The van der Waals surface area contributed by atoms with Gasteiger partial charge in [-0.15, -0.1) is 5.11 Å². The van der Waals surface area contributed by atoms with Crippen LogP contribution in [0.5, 0.6) is 0 Å². The third kappa shape index (κ3) is 3.53. The van der Waals surface area contributed by atoms with Gasteiger partial charge in [-0.1, -0.05) is 11.6 Å². The Morgan fingerprint density at radius 2 is 1.70 bits per heavy atom. The fourth-order valence-corrected chi connectivity index (χ4v) is 2.04. The number of hydrogen-bond acceptors (Lipinski definition) is 5. The largest absolute Gasteiger partial charge is 0.399 e. The van der Waals surface area contributed by atoms with E-state index in [-0.39, 0.29) is 15.6 Å². The Morgan fingerprint density at radius 1 is 1.05 bits per heavy atom. The highest BCUT2D eigenvalue weighted by Crippen LogP contribution is 2.29. The van der Waals surface area contributed by atoms with Crippen molar-refractivity contribution in [3.8, 4) is 0 Å². The molecule has 0 aromatic heterocycles. The van der Waals surface area contributed by atoms with Crippen molar-refractivity contribution in [3.05, 3.63) is 47.5 Å². The Hall–Kier alpha value is -1.96. The van der Waals surface area contributed by atoms with E-state index in [2.05, 4.69) is 10.2 Å². The van der Waals surface area contributed by atoms with Crippen LogP contribution in [0.2, 0.25) is 5.02 Å². The average molecular weight is 312 g/mol. The Morgan fingerprint density at radius 3 is 2.30 bits per heavy atom. The molecule has 0 aliphatic carbocycles. The van der Waals surface area contributed by atoms with E-state index in [0.29, 0.717) is 11.4 Å². The Labute approximate surface area is 120 Å². The van der Waals surface area contributed by atoms with E-state index in [1.54, 1.807) is 24.3 Å². The quantitative estimate of drug-likeness (QED) is 0.513. The zero-order valence-corrected chi connectivity index (χ0v) is 11.6. The molecule has 3 N–H and O–H groups in total. The lowest BCUT2D eigenvalue weighted by molar-refractivity contribution is 0.483. The van der Waals surface area contributed by atoms with Gasteiger partial charge < -0.3 is 5.73 Å². The maximum Gasteiger partial charge on any atom is 0.294 e. The SMILES string of the molecule is Nc1ccc(N=Nc2cc(S(=O)(=O)O)ccc2Cl)cc1. The van der Waals surface area contributed by atoms with Gasteiger partial charge in [-0.05, 0) is 42.5 Å². The molecule has 0 amide bonds. The number of nitrogen functional groups attached to an aromatic ring is 1. The summed E-state index contributed by atoms with van der Waals surface area (Å²) in [7, 11) is -4.31. The van der Waals surface area contributed by atoms with E-state index in [0.717, 1.165) is 6.07 Å². The summed E-state index contributed by atoms with van der Waals surface area (Å²) in [5.74, 6) is 0. The number of hydrogen-bond donors (Lipinski definition) is 2. The van der Waals surface area contributed by atoms with Crippen LogP contribution in [0.3, 0.4) is 0 Å². The predicted octanol–water partition coefficient (Wildman–Crippen LogP) is 3.58. The monoisotopic (exact) mass is 311 g/mol. The summed E-state index contributed by atoms with van der Waals surface area (Å²) in [4.78, 5) is -0.298. The highest BCUT2D eigenvalue weighted by Gasteiger charge is 2.11. The zero-order chi connectivity index (χ0) is 14.8. The summed E-state index contributed by atoms with van der Waals surface area (Å²) in [5.41, 5.74) is 6.80. The second-order valence-electron chi connectivity index (χ2n) is 3.88. The molecule has 0 spiro atoms. The van der Waals surface area contributed by atoms with Crippen LogP contribution in [-0.2, 0) is 10.1 Å². The normalized spacial score (nSPS) is 11.9. The number of halogens is 1. The Kier molecular flexibility index (Phi) is 4.03. The first-order chi connectivity index (χ1) is 9.36. The number of nitrogens with two attached hydrogens (primary N) is 1. The van der Waals surface area contributed by atoms with Gasteiger partial charge in [0.15, 0.2) is 0 Å². The van der Waals surface area contributed by atoms with Crippen molar-refractivity contribution >= 4 is 38.8 Å². The standard InChI is InChI=1S/C12H10ClN3O3S/c13-11-6-5-10(20(17,18)19)7-12(11)16-15-9-3-1-8(14)2-4-9/h1-7H,14H2,(H,17,18,19). The molecular formula is C12H10ClN3O3S. The molecule has 0 atom stereocenters.